The SMILES string of the molecule is CC(C)C(CNC(=O)N1CCCCC1CC(=O)O)C(C)C. The second-order valence-electron chi connectivity index (χ2n) is 6.78. The van der Waals surface area contributed by atoms with Crippen molar-refractivity contribution in [3.8, 4) is 0 Å². The quantitative estimate of drug-likeness (QED) is 0.792. The Hall–Kier alpha value is -1.26. The van der Waals surface area contributed by atoms with E-state index in [1.165, 1.54) is 0 Å². The van der Waals surface area contributed by atoms with Crippen LogP contribution in [0.15, 0.2) is 0 Å². The molecule has 0 spiro atoms. The summed E-state index contributed by atoms with van der Waals surface area (Å²) in [6, 6.07) is -0.264. The van der Waals surface area contributed by atoms with Crippen LogP contribution in [0.1, 0.15) is 53.4 Å². The average Bonchev–Trinajstić information content (AvgIpc) is 2.37. The molecule has 1 rings (SSSR count). The molecule has 1 aliphatic heterocycles. The fraction of sp³-hybridized carbons (Fsp3) is 0.875. The Balaban J connectivity index is 2.57. The number of carboxylic acid groups (broad SMARTS) is 1. The minimum absolute atomic E-state index is 0.0468. The first-order valence-electron chi connectivity index (χ1n) is 8.09. The normalized spacial score (nSPS) is 19.4. The maximum absolute atomic E-state index is 12.4. The smallest absolute Gasteiger partial charge is 0.317 e. The number of nitrogens with one attached hydrogen (secondary N) is 1. The first-order valence-corrected chi connectivity index (χ1v) is 8.09. The van der Waals surface area contributed by atoms with Crippen molar-refractivity contribution in [1.82, 2.24) is 10.2 Å². The lowest BCUT2D eigenvalue weighted by molar-refractivity contribution is -0.138. The molecule has 21 heavy (non-hydrogen) atoms. The fourth-order valence-electron chi connectivity index (χ4n) is 3.23. The van der Waals surface area contributed by atoms with E-state index < -0.39 is 5.97 Å². The van der Waals surface area contributed by atoms with Crippen molar-refractivity contribution in [3.05, 3.63) is 0 Å². The number of carbonyl (C=O) groups excluding carboxylic acids is 1. The summed E-state index contributed by atoms with van der Waals surface area (Å²) in [6.07, 6.45) is 2.80. The molecular formula is C16H30N2O3. The predicted molar refractivity (Wildman–Crippen MR) is 83.2 cm³/mol. The van der Waals surface area contributed by atoms with Gasteiger partial charge < -0.3 is 15.3 Å². The van der Waals surface area contributed by atoms with Gasteiger partial charge >= 0.3 is 12.0 Å². The van der Waals surface area contributed by atoms with Crippen molar-refractivity contribution in [2.45, 2.75) is 59.4 Å². The predicted octanol–water partition coefficient (Wildman–Crippen LogP) is 2.95. The standard InChI is InChI=1S/C16H30N2O3/c1-11(2)14(12(3)4)10-17-16(21)18-8-6-5-7-13(18)9-15(19)20/h11-14H,5-10H2,1-4H3,(H,17,21)(H,19,20). The summed E-state index contributed by atoms with van der Waals surface area (Å²) in [7, 11) is 0. The molecule has 0 bridgehead atoms. The van der Waals surface area contributed by atoms with Crippen LogP contribution in [0.2, 0.25) is 0 Å². The molecule has 1 unspecified atom stereocenters. The summed E-state index contributed by atoms with van der Waals surface area (Å²) in [6.45, 7) is 10.0. The molecule has 1 saturated heterocycles. The lowest BCUT2D eigenvalue weighted by Gasteiger charge is -2.36. The molecule has 1 aliphatic rings. The zero-order chi connectivity index (χ0) is 16.0. The molecule has 122 valence electrons. The maximum Gasteiger partial charge on any atom is 0.317 e. The van der Waals surface area contributed by atoms with Crippen LogP contribution in [0.4, 0.5) is 4.79 Å². The Labute approximate surface area is 128 Å². The van der Waals surface area contributed by atoms with Crippen LogP contribution in [0.25, 0.3) is 0 Å². The highest BCUT2D eigenvalue weighted by atomic mass is 16.4. The summed E-state index contributed by atoms with van der Waals surface area (Å²) >= 11 is 0. The molecule has 0 saturated carbocycles. The Morgan fingerprint density at radius 3 is 2.33 bits per heavy atom. The summed E-state index contributed by atoms with van der Waals surface area (Å²) in [5.41, 5.74) is 0. The van der Waals surface area contributed by atoms with E-state index in [1.807, 2.05) is 0 Å². The lowest BCUT2D eigenvalue weighted by atomic mass is 9.85. The van der Waals surface area contributed by atoms with Crippen molar-refractivity contribution >= 4 is 12.0 Å². The molecule has 1 fully saturated rings. The van der Waals surface area contributed by atoms with Gasteiger partial charge in [0, 0.05) is 19.1 Å². The largest absolute Gasteiger partial charge is 0.481 e. The van der Waals surface area contributed by atoms with Crippen LogP contribution in [0.5, 0.6) is 0 Å². The molecule has 0 aliphatic carbocycles. The number of hydrogen-bond acceptors (Lipinski definition) is 2. The Morgan fingerprint density at radius 2 is 1.81 bits per heavy atom. The zero-order valence-electron chi connectivity index (χ0n) is 13.8. The Morgan fingerprint density at radius 1 is 1.19 bits per heavy atom. The molecule has 2 N–H and O–H groups in total. The average molecular weight is 298 g/mol. The van der Waals surface area contributed by atoms with E-state index in [9.17, 15) is 9.59 Å². The summed E-state index contributed by atoms with van der Waals surface area (Å²) in [5.74, 6) is 0.640. The highest BCUT2D eigenvalue weighted by Gasteiger charge is 2.29. The third-order valence-corrected chi connectivity index (χ3v) is 4.50. The van der Waals surface area contributed by atoms with Crippen LogP contribution < -0.4 is 5.32 Å². The second kappa shape index (κ2) is 8.25. The minimum atomic E-state index is -0.832. The summed E-state index contributed by atoms with van der Waals surface area (Å²) in [4.78, 5) is 25.0. The van der Waals surface area contributed by atoms with Crippen LogP contribution in [-0.2, 0) is 4.79 Å². The number of nitrogens with zero attached hydrogens (tertiary/aromatic N) is 1. The molecule has 0 aromatic heterocycles. The number of urea groups is 1. The van der Waals surface area contributed by atoms with Crippen LogP contribution in [0, 0.1) is 17.8 Å². The Kier molecular flexibility index (Phi) is 6.99. The van der Waals surface area contributed by atoms with Gasteiger partial charge in [-0.1, -0.05) is 27.7 Å². The summed E-state index contributed by atoms with van der Waals surface area (Å²) < 4.78 is 0. The topological polar surface area (TPSA) is 69.6 Å². The highest BCUT2D eigenvalue weighted by molar-refractivity contribution is 5.76. The monoisotopic (exact) mass is 298 g/mol. The van der Waals surface area contributed by atoms with E-state index in [0.717, 1.165) is 19.3 Å². The van der Waals surface area contributed by atoms with Gasteiger partial charge in [-0.15, -0.1) is 0 Å². The number of carbonyl (C=O) groups is 2. The van der Waals surface area contributed by atoms with Crippen molar-refractivity contribution < 1.29 is 14.7 Å². The first-order chi connectivity index (χ1) is 9.82. The number of aliphatic carboxylic acids is 1. The molecule has 5 heteroatoms. The van der Waals surface area contributed by atoms with Crippen LogP contribution >= 0.6 is 0 Å². The van der Waals surface area contributed by atoms with E-state index in [1.54, 1.807) is 4.90 Å². The lowest BCUT2D eigenvalue weighted by Crippen LogP contribution is -2.50. The van der Waals surface area contributed by atoms with Gasteiger partial charge in [-0.3, -0.25) is 4.79 Å². The van der Waals surface area contributed by atoms with Gasteiger partial charge in [-0.2, -0.15) is 0 Å². The number of hydrogen-bond donors (Lipinski definition) is 2. The molecule has 1 atom stereocenters. The van der Waals surface area contributed by atoms with Gasteiger partial charge in [-0.05, 0) is 37.0 Å². The first kappa shape index (κ1) is 17.8. The number of piperidine rings is 1. The van der Waals surface area contributed by atoms with Gasteiger partial charge in [0.25, 0.3) is 0 Å². The fourth-order valence-corrected chi connectivity index (χ4v) is 3.23. The van der Waals surface area contributed by atoms with Crippen molar-refractivity contribution in [2.75, 3.05) is 13.1 Å². The molecule has 0 aromatic carbocycles. The molecule has 5 nitrogen and oxygen atoms in total. The van der Waals surface area contributed by atoms with Crippen molar-refractivity contribution in [3.63, 3.8) is 0 Å². The summed E-state index contributed by atoms with van der Waals surface area (Å²) in [5, 5.41) is 12.0. The molecule has 0 aromatic rings. The molecule has 1 heterocycles. The van der Waals surface area contributed by atoms with Gasteiger partial charge in [-0.25, -0.2) is 4.79 Å². The van der Waals surface area contributed by atoms with Gasteiger partial charge in [0.05, 0.1) is 6.42 Å². The van der Waals surface area contributed by atoms with Crippen molar-refractivity contribution in [2.24, 2.45) is 17.8 Å². The third-order valence-electron chi connectivity index (χ3n) is 4.50. The van der Waals surface area contributed by atoms with E-state index in [0.29, 0.717) is 30.8 Å². The number of amides is 2. The van der Waals surface area contributed by atoms with Gasteiger partial charge in [0.1, 0.15) is 0 Å². The molecule has 0 radical (unpaired) electrons. The maximum atomic E-state index is 12.4. The van der Waals surface area contributed by atoms with E-state index in [2.05, 4.69) is 33.0 Å². The number of rotatable bonds is 6. The van der Waals surface area contributed by atoms with Crippen LogP contribution in [-0.4, -0.2) is 41.1 Å². The van der Waals surface area contributed by atoms with E-state index in [-0.39, 0.29) is 18.5 Å². The van der Waals surface area contributed by atoms with Crippen molar-refractivity contribution in [1.29, 1.82) is 0 Å². The highest BCUT2D eigenvalue weighted by Crippen LogP contribution is 2.22. The second-order valence-corrected chi connectivity index (χ2v) is 6.78. The third kappa shape index (κ3) is 5.56. The Bertz CT molecular complexity index is 347. The van der Waals surface area contributed by atoms with Gasteiger partial charge in [0.15, 0.2) is 0 Å². The van der Waals surface area contributed by atoms with Gasteiger partial charge in [0.2, 0.25) is 0 Å². The number of likely N-dealkylation sites (tertiary alicyclic amines) is 1. The molecule has 2 amide bonds. The van der Waals surface area contributed by atoms with E-state index in [4.69, 9.17) is 5.11 Å². The molecular weight excluding hydrogens is 268 g/mol. The van der Waals surface area contributed by atoms with Crippen LogP contribution in [0.3, 0.4) is 0 Å². The zero-order valence-corrected chi connectivity index (χ0v) is 13.8. The minimum Gasteiger partial charge on any atom is -0.481 e. The van der Waals surface area contributed by atoms with E-state index >= 15 is 0 Å². The number of carboxylic acids is 1.